The molecule has 2 rings (SSSR count). The number of aliphatic hydroxyl groups is 1. The summed E-state index contributed by atoms with van der Waals surface area (Å²) in [6.45, 7) is 14.4. The molecule has 1 saturated heterocycles. The van der Waals surface area contributed by atoms with Gasteiger partial charge < -0.3 is 60.9 Å². The molecule has 0 aliphatic carbocycles. The number of carbonyl (C=O) groups is 8. The number of hydrogen-bond acceptors (Lipinski definition) is 13. The fraction of sp³-hybridized carbons (Fsp3) is 0.667. The Labute approximate surface area is 370 Å². The molecule has 0 radical (unpaired) electrons. The minimum Gasteiger partial charge on any atom is -0.447 e. The Bertz CT molecular complexity index is 1610. The third kappa shape index (κ3) is 22.4. The number of amides is 9. The highest BCUT2D eigenvalue weighted by Gasteiger charge is 2.39. The number of nitrogens with zero attached hydrogens (tertiary/aromatic N) is 3. The van der Waals surface area contributed by atoms with Gasteiger partial charge in [0.1, 0.15) is 19.3 Å². The van der Waals surface area contributed by atoms with Gasteiger partial charge in [-0.1, -0.05) is 60.6 Å². The Morgan fingerprint density at radius 2 is 1.54 bits per heavy atom. The number of aliphatic hydroxyl groups excluding tert-OH is 1. The highest BCUT2D eigenvalue weighted by atomic mass is 16.6. The predicted molar refractivity (Wildman–Crippen MR) is 232 cm³/mol. The molecule has 0 bridgehead atoms. The van der Waals surface area contributed by atoms with Gasteiger partial charge in [-0.25, -0.2) is 14.4 Å². The lowest BCUT2D eigenvalue weighted by molar-refractivity contribution is -0.140. The van der Waals surface area contributed by atoms with Crippen molar-refractivity contribution in [3.63, 3.8) is 0 Å². The molecule has 21 heteroatoms. The SMILES string of the molecule is CC(C)C(=O)N(CCOCCO)CCN(C)C(=O)OCc1ccc(NC(=O)CNC(=O)C(NC(=O)OCCOCCN2C(=O)CC(C(C)C)C2=O)C(C)C)cc1.CCCNC(N)=O. The maximum Gasteiger partial charge on any atom is 0.409 e. The molecule has 1 aromatic carbocycles. The number of alkyl carbamates (subject to hydrolysis) is 1. The largest absolute Gasteiger partial charge is 0.447 e. The summed E-state index contributed by atoms with van der Waals surface area (Å²) in [5, 5.41) is 19.0. The predicted octanol–water partition coefficient (Wildman–Crippen LogP) is 1.67. The van der Waals surface area contributed by atoms with E-state index in [1.165, 1.54) is 9.80 Å². The molecular weight excluding hydrogens is 825 g/mol. The van der Waals surface area contributed by atoms with Gasteiger partial charge >= 0.3 is 18.2 Å². The number of nitrogens with two attached hydrogens (primary N) is 1. The van der Waals surface area contributed by atoms with E-state index in [2.05, 4.69) is 21.3 Å². The van der Waals surface area contributed by atoms with Crippen LogP contribution in [0.3, 0.4) is 0 Å². The zero-order chi connectivity index (χ0) is 47.5. The number of primary amides is 1. The van der Waals surface area contributed by atoms with Crippen molar-refractivity contribution in [3.8, 4) is 0 Å². The first-order valence-corrected chi connectivity index (χ1v) is 21.2. The molecule has 1 aromatic rings. The number of nitrogens with one attached hydrogen (secondary N) is 4. The molecule has 0 spiro atoms. The monoisotopic (exact) mass is 895 g/mol. The standard InChI is InChI=1S/C38H60N6O12.C4H10N2O/c1-25(2)30-22-32(47)44(36(30)50)15-18-54-20-21-55-37(51)41-33(26(3)4)34(48)39-23-31(46)40-29-10-8-28(9-11-29)24-56-38(52)42(7)12-13-43(35(49)27(5)6)14-17-53-19-16-45;1-2-3-6-4(5)7/h8-11,25-27,30,33,45H,12-24H2,1-7H3,(H,39,48)(H,40,46)(H,41,51);2-3H2,1H3,(H3,5,6,7). The highest BCUT2D eigenvalue weighted by Crippen LogP contribution is 2.26. The van der Waals surface area contributed by atoms with Crippen molar-refractivity contribution in [2.24, 2.45) is 29.4 Å². The van der Waals surface area contributed by atoms with E-state index >= 15 is 0 Å². The number of rotatable bonds is 26. The van der Waals surface area contributed by atoms with E-state index in [0.717, 1.165) is 6.42 Å². The van der Waals surface area contributed by atoms with Crippen LogP contribution in [0.15, 0.2) is 24.3 Å². The first-order valence-electron chi connectivity index (χ1n) is 21.2. The second kappa shape index (κ2) is 30.5. The number of urea groups is 1. The molecule has 0 saturated carbocycles. The van der Waals surface area contributed by atoms with Crippen LogP contribution in [-0.2, 0) is 49.5 Å². The number of ether oxygens (including phenoxy) is 4. The van der Waals surface area contributed by atoms with Crippen LogP contribution in [-0.4, -0.2) is 160 Å². The average molecular weight is 895 g/mol. The molecule has 1 aliphatic rings. The first-order chi connectivity index (χ1) is 29.8. The molecular formula is C42H70N8O13. The molecule has 0 aromatic heterocycles. The summed E-state index contributed by atoms with van der Waals surface area (Å²) < 4.78 is 21.2. The van der Waals surface area contributed by atoms with Gasteiger partial charge in [0.15, 0.2) is 0 Å². The summed E-state index contributed by atoms with van der Waals surface area (Å²) in [6, 6.07) is 5.14. The molecule has 1 fully saturated rings. The number of benzene rings is 1. The first kappa shape index (κ1) is 55.5. The van der Waals surface area contributed by atoms with E-state index in [-0.39, 0.29) is 120 Å². The second-order valence-corrected chi connectivity index (χ2v) is 15.6. The summed E-state index contributed by atoms with van der Waals surface area (Å²) in [7, 11) is 1.57. The summed E-state index contributed by atoms with van der Waals surface area (Å²) in [5.74, 6) is -2.41. The third-order valence-corrected chi connectivity index (χ3v) is 9.36. The van der Waals surface area contributed by atoms with Crippen molar-refractivity contribution in [1.82, 2.24) is 30.7 Å². The quantitative estimate of drug-likeness (QED) is 0.0571. The summed E-state index contributed by atoms with van der Waals surface area (Å²) >= 11 is 0. The zero-order valence-corrected chi connectivity index (χ0v) is 38.1. The molecule has 1 heterocycles. The Hall–Kier alpha value is -5.54. The van der Waals surface area contributed by atoms with E-state index in [1.807, 2.05) is 20.8 Å². The number of likely N-dealkylation sites (N-methyl/N-ethyl adjacent to an activating group) is 1. The van der Waals surface area contributed by atoms with E-state index < -0.39 is 36.1 Å². The molecule has 356 valence electrons. The highest BCUT2D eigenvalue weighted by molar-refractivity contribution is 6.03. The number of imide groups is 1. The minimum absolute atomic E-state index is 0.0200. The van der Waals surface area contributed by atoms with Gasteiger partial charge in [0.05, 0.1) is 46.1 Å². The fourth-order valence-electron chi connectivity index (χ4n) is 5.69. The summed E-state index contributed by atoms with van der Waals surface area (Å²) in [4.78, 5) is 101. The van der Waals surface area contributed by atoms with E-state index in [4.69, 9.17) is 29.8 Å². The summed E-state index contributed by atoms with van der Waals surface area (Å²) in [6.07, 6.45) is -0.299. The van der Waals surface area contributed by atoms with Gasteiger partial charge in [-0.2, -0.15) is 0 Å². The normalized spacial score (nSPS) is 13.8. The zero-order valence-electron chi connectivity index (χ0n) is 38.1. The van der Waals surface area contributed by atoms with Gasteiger partial charge in [0.2, 0.25) is 29.5 Å². The van der Waals surface area contributed by atoms with Crippen molar-refractivity contribution >= 4 is 53.4 Å². The Morgan fingerprint density at radius 3 is 2.10 bits per heavy atom. The molecule has 7 N–H and O–H groups in total. The van der Waals surface area contributed by atoms with Crippen LogP contribution < -0.4 is 27.0 Å². The lowest BCUT2D eigenvalue weighted by atomic mass is 9.94. The molecule has 63 heavy (non-hydrogen) atoms. The van der Waals surface area contributed by atoms with E-state index in [9.17, 15) is 38.4 Å². The van der Waals surface area contributed by atoms with Gasteiger partial charge in [-0.3, -0.25) is 28.9 Å². The van der Waals surface area contributed by atoms with Crippen LogP contribution in [0.1, 0.15) is 66.9 Å². The van der Waals surface area contributed by atoms with Crippen molar-refractivity contribution in [2.75, 3.05) is 91.3 Å². The summed E-state index contributed by atoms with van der Waals surface area (Å²) in [5.41, 5.74) is 5.83. The molecule has 9 amide bonds. The third-order valence-electron chi connectivity index (χ3n) is 9.36. The Balaban J connectivity index is 0.00000260. The fourth-order valence-corrected chi connectivity index (χ4v) is 5.69. The van der Waals surface area contributed by atoms with Gasteiger partial charge in [0.25, 0.3) is 0 Å². The van der Waals surface area contributed by atoms with Crippen molar-refractivity contribution in [1.29, 1.82) is 0 Å². The van der Waals surface area contributed by atoms with E-state index in [1.54, 1.807) is 63.9 Å². The van der Waals surface area contributed by atoms with Crippen LogP contribution in [0.5, 0.6) is 0 Å². The second-order valence-electron chi connectivity index (χ2n) is 15.6. The maximum atomic E-state index is 12.8. The molecule has 2 unspecified atom stereocenters. The number of hydrogen-bond donors (Lipinski definition) is 6. The van der Waals surface area contributed by atoms with Crippen molar-refractivity contribution < 1.29 is 62.4 Å². The Morgan fingerprint density at radius 1 is 0.873 bits per heavy atom. The molecule has 2 atom stereocenters. The lowest BCUT2D eigenvalue weighted by Crippen LogP contribution is -2.51. The van der Waals surface area contributed by atoms with E-state index in [0.29, 0.717) is 24.3 Å². The minimum atomic E-state index is -0.989. The topological polar surface area (TPSA) is 278 Å². The number of carbonyl (C=O) groups excluding carboxylic acids is 8. The van der Waals surface area contributed by atoms with Crippen LogP contribution in [0, 0.1) is 23.7 Å². The van der Waals surface area contributed by atoms with Gasteiger partial charge in [-0.15, -0.1) is 0 Å². The van der Waals surface area contributed by atoms with Crippen LogP contribution in [0.4, 0.5) is 20.1 Å². The van der Waals surface area contributed by atoms with Crippen molar-refractivity contribution in [3.05, 3.63) is 29.8 Å². The molecule has 21 nitrogen and oxygen atoms in total. The van der Waals surface area contributed by atoms with Crippen LogP contribution >= 0.6 is 0 Å². The average Bonchev–Trinajstić information content (AvgIpc) is 3.53. The number of anilines is 1. The number of likely N-dealkylation sites (tertiary alicyclic amines) is 1. The van der Waals surface area contributed by atoms with Crippen LogP contribution in [0.25, 0.3) is 0 Å². The van der Waals surface area contributed by atoms with Gasteiger partial charge in [-0.05, 0) is 36.0 Å². The van der Waals surface area contributed by atoms with Crippen LogP contribution in [0.2, 0.25) is 0 Å². The maximum absolute atomic E-state index is 12.8. The Kier molecular flexibility index (Phi) is 26.9. The van der Waals surface area contributed by atoms with Crippen molar-refractivity contribution in [2.45, 2.75) is 74.0 Å². The smallest absolute Gasteiger partial charge is 0.409 e. The lowest BCUT2D eigenvalue weighted by Gasteiger charge is -2.27. The van der Waals surface area contributed by atoms with Gasteiger partial charge in [0, 0.05) is 57.2 Å². The molecule has 1 aliphatic heterocycles.